The third kappa shape index (κ3) is 4.15. The Bertz CT molecular complexity index is 371. The van der Waals surface area contributed by atoms with Crippen LogP contribution in [0.3, 0.4) is 0 Å². The van der Waals surface area contributed by atoms with Crippen LogP contribution in [-0.4, -0.2) is 24.2 Å². The first kappa shape index (κ1) is 14.7. The number of benzene rings is 1. The summed E-state index contributed by atoms with van der Waals surface area (Å²) in [7, 11) is 2.07. The lowest BCUT2D eigenvalue weighted by Gasteiger charge is -2.30. The SMILES string of the molecule is CNC(c1ccc(OC(C)C)cc1)C1CCCCS1. The largest absolute Gasteiger partial charge is 0.491 e. The van der Waals surface area contributed by atoms with Gasteiger partial charge in [0, 0.05) is 11.3 Å². The van der Waals surface area contributed by atoms with Crippen molar-refractivity contribution < 1.29 is 4.74 Å². The van der Waals surface area contributed by atoms with Crippen LogP contribution < -0.4 is 10.1 Å². The molecule has 1 saturated heterocycles. The Morgan fingerprint density at radius 1 is 1.21 bits per heavy atom. The summed E-state index contributed by atoms with van der Waals surface area (Å²) in [5, 5.41) is 4.19. The minimum Gasteiger partial charge on any atom is -0.491 e. The number of nitrogens with one attached hydrogen (secondary N) is 1. The maximum absolute atomic E-state index is 5.70. The van der Waals surface area contributed by atoms with Gasteiger partial charge < -0.3 is 10.1 Å². The van der Waals surface area contributed by atoms with Crippen molar-refractivity contribution in [3.8, 4) is 5.75 Å². The fourth-order valence-electron chi connectivity index (χ4n) is 2.62. The predicted octanol–water partition coefficient (Wildman–Crippen LogP) is 4.02. The molecule has 1 aromatic carbocycles. The molecule has 1 aliphatic heterocycles. The number of rotatable bonds is 5. The van der Waals surface area contributed by atoms with E-state index < -0.39 is 0 Å². The van der Waals surface area contributed by atoms with Crippen molar-refractivity contribution in [2.45, 2.75) is 50.5 Å². The zero-order valence-corrected chi connectivity index (χ0v) is 13.0. The van der Waals surface area contributed by atoms with Gasteiger partial charge in [0.1, 0.15) is 5.75 Å². The summed E-state index contributed by atoms with van der Waals surface area (Å²) in [5.74, 6) is 2.27. The molecule has 19 heavy (non-hydrogen) atoms. The Morgan fingerprint density at radius 2 is 1.95 bits per heavy atom. The fraction of sp³-hybridized carbons (Fsp3) is 0.625. The van der Waals surface area contributed by atoms with E-state index in [0.29, 0.717) is 11.3 Å². The molecule has 2 nitrogen and oxygen atoms in total. The molecule has 1 heterocycles. The molecule has 0 spiro atoms. The number of ether oxygens (including phenoxy) is 1. The summed E-state index contributed by atoms with van der Waals surface area (Å²) in [6, 6.07) is 9.04. The number of hydrogen-bond donors (Lipinski definition) is 1. The van der Waals surface area contributed by atoms with E-state index in [1.54, 1.807) is 0 Å². The predicted molar refractivity (Wildman–Crippen MR) is 84.1 cm³/mol. The highest BCUT2D eigenvalue weighted by Gasteiger charge is 2.24. The molecule has 2 unspecified atom stereocenters. The number of hydrogen-bond acceptors (Lipinski definition) is 3. The van der Waals surface area contributed by atoms with Crippen LogP contribution in [0.4, 0.5) is 0 Å². The summed E-state index contributed by atoms with van der Waals surface area (Å²) in [6.45, 7) is 4.12. The van der Waals surface area contributed by atoms with Gasteiger partial charge in [-0.1, -0.05) is 18.6 Å². The molecule has 0 aliphatic carbocycles. The Balaban J connectivity index is 2.05. The van der Waals surface area contributed by atoms with Crippen molar-refractivity contribution in [1.29, 1.82) is 0 Å². The molecule has 0 radical (unpaired) electrons. The Morgan fingerprint density at radius 3 is 2.47 bits per heavy atom. The van der Waals surface area contributed by atoms with Gasteiger partial charge in [-0.05, 0) is 57.2 Å². The van der Waals surface area contributed by atoms with Crippen molar-refractivity contribution in [2.24, 2.45) is 0 Å². The van der Waals surface area contributed by atoms with E-state index in [2.05, 4.69) is 62.2 Å². The lowest BCUT2D eigenvalue weighted by Crippen LogP contribution is -2.29. The molecule has 0 amide bonds. The van der Waals surface area contributed by atoms with Crippen molar-refractivity contribution in [2.75, 3.05) is 12.8 Å². The Labute approximate surface area is 121 Å². The molecule has 1 aliphatic rings. The highest BCUT2D eigenvalue weighted by atomic mass is 32.2. The van der Waals surface area contributed by atoms with Gasteiger partial charge >= 0.3 is 0 Å². The van der Waals surface area contributed by atoms with Crippen molar-refractivity contribution in [3.05, 3.63) is 29.8 Å². The van der Waals surface area contributed by atoms with Gasteiger partial charge in [-0.2, -0.15) is 11.8 Å². The van der Waals surface area contributed by atoms with Crippen LogP contribution in [0.25, 0.3) is 0 Å². The molecule has 3 heteroatoms. The van der Waals surface area contributed by atoms with Gasteiger partial charge in [-0.25, -0.2) is 0 Å². The quantitative estimate of drug-likeness (QED) is 0.879. The van der Waals surface area contributed by atoms with Gasteiger partial charge in [-0.15, -0.1) is 0 Å². The monoisotopic (exact) mass is 279 g/mol. The topological polar surface area (TPSA) is 21.3 Å². The molecule has 2 rings (SSSR count). The van der Waals surface area contributed by atoms with E-state index in [9.17, 15) is 0 Å². The maximum Gasteiger partial charge on any atom is 0.119 e. The summed E-state index contributed by atoms with van der Waals surface area (Å²) in [5.41, 5.74) is 1.37. The van der Waals surface area contributed by atoms with E-state index in [4.69, 9.17) is 4.74 Å². The standard InChI is InChI=1S/C16H25NOS/c1-12(2)18-14-9-7-13(8-10-14)16(17-3)15-6-4-5-11-19-15/h7-10,12,15-17H,4-6,11H2,1-3H3. The normalized spacial score (nSPS) is 21.4. The van der Waals surface area contributed by atoms with Gasteiger partial charge in [0.2, 0.25) is 0 Å². The van der Waals surface area contributed by atoms with Crippen LogP contribution in [0.1, 0.15) is 44.7 Å². The van der Waals surface area contributed by atoms with Crippen LogP contribution in [0.5, 0.6) is 5.75 Å². The summed E-state index contributed by atoms with van der Waals surface area (Å²) in [6.07, 6.45) is 4.30. The Kier molecular flexibility index (Phi) is 5.59. The van der Waals surface area contributed by atoms with Gasteiger partial charge in [0.05, 0.1) is 6.10 Å². The second kappa shape index (κ2) is 7.20. The second-order valence-electron chi connectivity index (χ2n) is 5.41. The first-order chi connectivity index (χ1) is 9.20. The van der Waals surface area contributed by atoms with E-state index in [1.165, 1.54) is 30.6 Å². The van der Waals surface area contributed by atoms with Crippen LogP contribution >= 0.6 is 11.8 Å². The number of thioether (sulfide) groups is 1. The minimum absolute atomic E-state index is 0.236. The molecule has 1 aromatic rings. The summed E-state index contributed by atoms with van der Waals surface area (Å²) in [4.78, 5) is 0. The van der Waals surface area contributed by atoms with Gasteiger partial charge in [0.25, 0.3) is 0 Å². The van der Waals surface area contributed by atoms with E-state index in [0.717, 1.165) is 5.75 Å². The molecule has 106 valence electrons. The van der Waals surface area contributed by atoms with E-state index in [1.807, 2.05) is 0 Å². The summed E-state index contributed by atoms with van der Waals surface area (Å²) >= 11 is 2.11. The third-order valence-corrected chi connectivity index (χ3v) is 4.97. The average molecular weight is 279 g/mol. The molecular weight excluding hydrogens is 254 g/mol. The van der Waals surface area contributed by atoms with Crippen LogP contribution in [0, 0.1) is 0 Å². The lowest BCUT2D eigenvalue weighted by atomic mass is 9.99. The van der Waals surface area contributed by atoms with E-state index in [-0.39, 0.29) is 6.10 Å². The van der Waals surface area contributed by atoms with E-state index >= 15 is 0 Å². The van der Waals surface area contributed by atoms with Crippen molar-refractivity contribution in [1.82, 2.24) is 5.32 Å². The molecule has 0 bridgehead atoms. The average Bonchev–Trinajstić information content (AvgIpc) is 2.42. The Hall–Kier alpha value is -0.670. The highest BCUT2D eigenvalue weighted by Crippen LogP contribution is 2.35. The smallest absolute Gasteiger partial charge is 0.119 e. The maximum atomic E-state index is 5.70. The molecule has 2 atom stereocenters. The van der Waals surface area contributed by atoms with Crippen molar-refractivity contribution >= 4 is 11.8 Å². The van der Waals surface area contributed by atoms with Crippen LogP contribution in [0.15, 0.2) is 24.3 Å². The zero-order valence-electron chi connectivity index (χ0n) is 12.2. The van der Waals surface area contributed by atoms with Gasteiger partial charge in [-0.3, -0.25) is 0 Å². The lowest BCUT2D eigenvalue weighted by molar-refractivity contribution is 0.242. The minimum atomic E-state index is 0.236. The first-order valence-electron chi connectivity index (χ1n) is 7.26. The molecular formula is C16H25NOS. The van der Waals surface area contributed by atoms with Gasteiger partial charge in [0.15, 0.2) is 0 Å². The molecule has 1 fully saturated rings. The van der Waals surface area contributed by atoms with Crippen molar-refractivity contribution in [3.63, 3.8) is 0 Å². The second-order valence-corrected chi connectivity index (χ2v) is 6.75. The fourth-order valence-corrected chi connectivity index (χ4v) is 4.11. The molecule has 0 saturated carbocycles. The van der Waals surface area contributed by atoms with Crippen LogP contribution in [-0.2, 0) is 0 Å². The van der Waals surface area contributed by atoms with Crippen LogP contribution in [0.2, 0.25) is 0 Å². The molecule has 1 N–H and O–H groups in total. The molecule has 0 aromatic heterocycles. The highest BCUT2D eigenvalue weighted by molar-refractivity contribution is 8.00. The summed E-state index contributed by atoms with van der Waals surface area (Å²) < 4.78 is 5.70. The third-order valence-electron chi connectivity index (χ3n) is 3.51. The first-order valence-corrected chi connectivity index (χ1v) is 8.31. The zero-order chi connectivity index (χ0) is 13.7.